The maximum Gasteiger partial charge on any atom is 0.573 e. The summed E-state index contributed by atoms with van der Waals surface area (Å²) >= 11 is 3.07. The molecule has 0 aliphatic rings. The molecule has 1 aromatic carbocycles. The Labute approximate surface area is 128 Å². The topological polar surface area (TPSA) is 34.4 Å². The van der Waals surface area contributed by atoms with Gasteiger partial charge in [0.1, 0.15) is 17.3 Å². The molecule has 0 saturated heterocycles. The van der Waals surface area contributed by atoms with Crippen molar-refractivity contribution in [1.82, 2.24) is 5.32 Å². The van der Waals surface area contributed by atoms with Gasteiger partial charge in [0.15, 0.2) is 0 Å². The lowest BCUT2D eigenvalue weighted by atomic mass is 10.2. The fourth-order valence-electron chi connectivity index (χ4n) is 1.77. The van der Waals surface area contributed by atoms with Crippen LogP contribution in [-0.2, 0) is 13.1 Å². The Morgan fingerprint density at radius 2 is 1.95 bits per heavy atom. The Kier molecular flexibility index (Phi) is 4.95. The van der Waals surface area contributed by atoms with Gasteiger partial charge in [0, 0.05) is 6.54 Å². The van der Waals surface area contributed by atoms with Crippen LogP contribution in [0.25, 0.3) is 0 Å². The molecule has 0 atom stereocenters. The van der Waals surface area contributed by atoms with Crippen LogP contribution < -0.4 is 10.1 Å². The van der Waals surface area contributed by atoms with E-state index in [1.165, 1.54) is 6.07 Å². The zero-order chi connectivity index (χ0) is 15.5. The molecule has 0 radical (unpaired) electrons. The molecule has 0 spiro atoms. The highest BCUT2D eigenvalue weighted by atomic mass is 79.9. The third kappa shape index (κ3) is 5.09. The number of hydrogen-bond donors (Lipinski definition) is 1. The summed E-state index contributed by atoms with van der Waals surface area (Å²) in [6, 6.07) is 8.19. The van der Waals surface area contributed by atoms with Crippen LogP contribution in [-0.4, -0.2) is 6.36 Å². The van der Waals surface area contributed by atoms with E-state index in [-0.39, 0.29) is 10.2 Å². The average molecular weight is 364 g/mol. The molecule has 3 nitrogen and oxygen atoms in total. The molecular formula is C14H13BrF3NO2. The van der Waals surface area contributed by atoms with E-state index in [2.05, 4.69) is 26.0 Å². The number of rotatable bonds is 5. The van der Waals surface area contributed by atoms with Crippen molar-refractivity contribution in [3.8, 4) is 5.75 Å². The van der Waals surface area contributed by atoms with Gasteiger partial charge in [0.25, 0.3) is 0 Å². The minimum Gasteiger partial charge on any atom is -0.465 e. The SMILES string of the molecule is Cc1ccc(CNCc2ccc(OC(F)(F)F)c(Br)c2)o1. The average Bonchev–Trinajstić information content (AvgIpc) is 2.77. The molecule has 7 heteroatoms. The van der Waals surface area contributed by atoms with Gasteiger partial charge in [-0.1, -0.05) is 6.07 Å². The minimum atomic E-state index is -4.70. The molecule has 0 aliphatic carbocycles. The Bertz CT molecular complexity index is 611. The van der Waals surface area contributed by atoms with Gasteiger partial charge < -0.3 is 14.5 Å². The van der Waals surface area contributed by atoms with Crippen LogP contribution in [0.15, 0.2) is 39.2 Å². The molecule has 0 aliphatic heterocycles. The van der Waals surface area contributed by atoms with E-state index in [9.17, 15) is 13.2 Å². The van der Waals surface area contributed by atoms with Crippen LogP contribution in [0, 0.1) is 6.92 Å². The van der Waals surface area contributed by atoms with Crippen molar-refractivity contribution in [2.45, 2.75) is 26.4 Å². The van der Waals surface area contributed by atoms with E-state index in [0.717, 1.165) is 17.1 Å². The second-order valence-electron chi connectivity index (χ2n) is 4.43. The minimum absolute atomic E-state index is 0.257. The monoisotopic (exact) mass is 363 g/mol. The lowest BCUT2D eigenvalue weighted by Crippen LogP contribution is -2.17. The van der Waals surface area contributed by atoms with Gasteiger partial charge in [-0.25, -0.2) is 0 Å². The summed E-state index contributed by atoms with van der Waals surface area (Å²) in [4.78, 5) is 0. The Morgan fingerprint density at radius 1 is 1.19 bits per heavy atom. The molecule has 0 unspecified atom stereocenters. The number of halogens is 4. The lowest BCUT2D eigenvalue weighted by molar-refractivity contribution is -0.274. The van der Waals surface area contributed by atoms with Crippen LogP contribution in [0.4, 0.5) is 13.2 Å². The molecule has 114 valence electrons. The van der Waals surface area contributed by atoms with Gasteiger partial charge in [0.05, 0.1) is 11.0 Å². The van der Waals surface area contributed by atoms with E-state index < -0.39 is 6.36 Å². The molecule has 1 heterocycles. The number of ether oxygens (including phenoxy) is 1. The molecule has 21 heavy (non-hydrogen) atoms. The number of hydrogen-bond acceptors (Lipinski definition) is 3. The van der Waals surface area contributed by atoms with Crippen molar-refractivity contribution in [2.24, 2.45) is 0 Å². The molecule has 2 aromatic rings. The number of nitrogens with one attached hydrogen (secondary N) is 1. The highest BCUT2D eigenvalue weighted by molar-refractivity contribution is 9.10. The van der Waals surface area contributed by atoms with Gasteiger partial charge in [0.2, 0.25) is 0 Å². The van der Waals surface area contributed by atoms with E-state index in [0.29, 0.717) is 13.1 Å². The third-order valence-corrected chi connectivity index (χ3v) is 3.27. The molecular weight excluding hydrogens is 351 g/mol. The van der Waals surface area contributed by atoms with Gasteiger partial charge in [-0.05, 0) is 52.7 Å². The zero-order valence-electron chi connectivity index (χ0n) is 11.1. The first-order valence-electron chi connectivity index (χ1n) is 6.14. The summed E-state index contributed by atoms with van der Waals surface area (Å²) in [6.45, 7) is 2.91. The van der Waals surface area contributed by atoms with Gasteiger partial charge in [-0.2, -0.15) is 0 Å². The first kappa shape index (κ1) is 15.9. The van der Waals surface area contributed by atoms with Crippen molar-refractivity contribution < 1.29 is 22.3 Å². The third-order valence-electron chi connectivity index (χ3n) is 2.65. The summed E-state index contributed by atoms with van der Waals surface area (Å²) in [6.07, 6.45) is -4.70. The molecule has 0 bridgehead atoms. The van der Waals surface area contributed by atoms with Crippen molar-refractivity contribution in [3.63, 3.8) is 0 Å². The standard InChI is InChI=1S/C14H13BrF3NO2/c1-9-2-4-11(20-9)8-19-7-10-3-5-13(12(15)6-10)21-14(16,17)18/h2-6,19H,7-8H2,1H3. The molecule has 1 aromatic heterocycles. The van der Waals surface area contributed by atoms with Crippen LogP contribution >= 0.6 is 15.9 Å². The first-order chi connectivity index (χ1) is 9.83. The number of alkyl halides is 3. The van der Waals surface area contributed by atoms with E-state index in [1.54, 1.807) is 12.1 Å². The molecule has 0 fully saturated rings. The largest absolute Gasteiger partial charge is 0.573 e. The highest BCUT2D eigenvalue weighted by Gasteiger charge is 2.31. The number of aryl methyl sites for hydroxylation is 1. The molecule has 0 saturated carbocycles. The van der Waals surface area contributed by atoms with Crippen molar-refractivity contribution >= 4 is 15.9 Å². The van der Waals surface area contributed by atoms with E-state index in [4.69, 9.17) is 4.42 Å². The lowest BCUT2D eigenvalue weighted by Gasteiger charge is -2.11. The zero-order valence-corrected chi connectivity index (χ0v) is 12.7. The Hall–Kier alpha value is -1.47. The van der Waals surface area contributed by atoms with Crippen LogP contribution in [0.3, 0.4) is 0 Å². The van der Waals surface area contributed by atoms with Gasteiger partial charge >= 0.3 is 6.36 Å². The summed E-state index contributed by atoms with van der Waals surface area (Å²) in [5, 5.41) is 3.15. The summed E-state index contributed by atoms with van der Waals surface area (Å²) < 4.78 is 46.0. The second kappa shape index (κ2) is 6.53. The predicted molar refractivity (Wildman–Crippen MR) is 74.8 cm³/mol. The normalized spacial score (nSPS) is 11.7. The van der Waals surface area contributed by atoms with Crippen molar-refractivity contribution in [2.75, 3.05) is 0 Å². The van der Waals surface area contributed by atoms with Gasteiger partial charge in [-0.15, -0.1) is 13.2 Å². The van der Waals surface area contributed by atoms with Gasteiger partial charge in [-0.3, -0.25) is 0 Å². The van der Waals surface area contributed by atoms with E-state index in [1.807, 2.05) is 19.1 Å². The van der Waals surface area contributed by atoms with E-state index >= 15 is 0 Å². The number of furan rings is 1. The van der Waals surface area contributed by atoms with Crippen LogP contribution in [0.5, 0.6) is 5.75 Å². The molecule has 0 amide bonds. The first-order valence-corrected chi connectivity index (χ1v) is 6.93. The van der Waals surface area contributed by atoms with Crippen LogP contribution in [0.1, 0.15) is 17.1 Å². The molecule has 1 N–H and O–H groups in total. The maximum atomic E-state index is 12.1. The number of benzene rings is 1. The quantitative estimate of drug-likeness (QED) is 0.846. The predicted octanol–water partition coefficient (Wildman–Crippen LogP) is 4.54. The smallest absolute Gasteiger partial charge is 0.465 e. The second-order valence-corrected chi connectivity index (χ2v) is 5.28. The van der Waals surface area contributed by atoms with Crippen molar-refractivity contribution in [1.29, 1.82) is 0 Å². The fraction of sp³-hybridized carbons (Fsp3) is 0.286. The van der Waals surface area contributed by atoms with Crippen LogP contribution in [0.2, 0.25) is 0 Å². The Balaban J connectivity index is 1.91. The Morgan fingerprint density at radius 3 is 2.52 bits per heavy atom. The van der Waals surface area contributed by atoms with Crippen molar-refractivity contribution in [3.05, 3.63) is 51.9 Å². The summed E-state index contributed by atoms with van der Waals surface area (Å²) in [7, 11) is 0. The highest BCUT2D eigenvalue weighted by Crippen LogP contribution is 2.31. The summed E-state index contributed by atoms with van der Waals surface area (Å²) in [5.41, 5.74) is 0.833. The fourth-order valence-corrected chi connectivity index (χ4v) is 2.28. The molecule has 2 rings (SSSR count). The summed E-state index contributed by atoms with van der Waals surface area (Å²) in [5.74, 6) is 1.39. The maximum absolute atomic E-state index is 12.1.